The first kappa shape index (κ1) is 17.3. The lowest BCUT2D eigenvalue weighted by Gasteiger charge is -2.32. The van der Waals surface area contributed by atoms with Crippen molar-refractivity contribution in [2.24, 2.45) is 0 Å². The summed E-state index contributed by atoms with van der Waals surface area (Å²) in [6, 6.07) is 0.0852. The molecule has 6 heteroatoms. The molecule has 0 spiro atoms. The number of alkyl halides is 1. The molecule has 102 valence electrons. The Labute approximate surface area is 120 Å². The van der Waals surface area contributed by atoms with Gasteiger partial charge in [0.1, 0.15) is 0 Å². The Hall–Kier alpha value is 0.260. The standard InChI is InChI=1S/C11H22ClNO2S2/c1-9(7-16)13(10(2)8-17)11(14)15-6-4-3-5-12/h9-10,16-17H,3-8H2,1-2H3. The Morgan fingerprint density at radius 1 is 1.24 bits per heavy atom. The fraction of sp³-hybridized carbons (Fsp3) is 0.909. The highest BCUT2D eigenvalue weighted by atomic mass is 35.5. The van der Waals surface area contributed by atoms with Crippen molar-refractivity contribution in [1.29, 1.82) is 0 Å². The van der Waals surface area contributed by atoms with Crippen LogP contribution in [0.3, 0.4) is 0 Å². The fourth-order valence-electron chi connectivity index (χ4n) is 1.40. The third-order valence-corrected chi connectivity index (χ3v) is 3.77. The van der Waals surface area contributed by atoms with Crippen molar-refractivity contribution in [2.75, 3.05) is 24.0 Å². The maximum atomic E-state index is 11.9. The Balaban J connectivity index is 4.23. The van der Waals surface area contributed by atoms with E-state index in [0.717, 1.165) is 12.8 Å². The van der Waals surface area contributed by atoms with E-state index in [9.17, 15) is 4.79 Å². The molecule has 2 unspecified atom stereocenters. The third-order valence-electron chi connectivity index (χ3n) is 2.44. The van der Waals surface area contributed by atoms with E-state index in [1.165, 1.54) is 0 Å². The maximum Gasteiger partial charge on any atom is 0.410 e. The topological polar surface area (TPSA) is 29.5 Å². The van der Waals surface area contributed by atoms with Crippen LogP contribution in [0.2, 0.25) is 0 Å². The van der Waals surface area contributed by atoms with Gasteiger partial charge in [-0.05, 0) is 26.7 Å². The number of halogens is 1. The SMILES string of the molecule is CC(CS)N(C(=O)OCCCCCl)C(C)CS. The van der Waals surface area contributed by atoms with Crippen LogP contribution >= 0.6 is 36.9 Å². The summed E-state index contributed by atoms with van der Waals surface area (Å²) in [4.78, 5) is 13.6. The maximum absolute atomic E-state index is 11.9. The third kappa shape index (κ3) is 6.67. The van der Waals surface area contributed by atoms with E-state index < -0.39 is 0 Å². The first-order chi connectivity index (χ1) is 8.08. The minimum Gasteiger partial charge on any atom is -0.449 e. The average molecular weight is 300 g/mol. The number of nitrogens with zero attached hydrogens (tertiary/aromatic N) is 1. The lowest BCUT2D eigenvalue weighted by molar-refractivity contribution is 0.0799. The molecule has 0 aromatic carbocycles. The predicted octanol–water partition coefficient (Wildman–Crippen LogP) is 3.08. The molecule has 0 saturated heterocycles. The van der Waals surface area contributed by atoms with Crippen molar-refractivity contribution in [2.45, 2.75) is 38.8 Å². The van der Waals surface area contributed by atoms with E-state index in [0.29, 0.717) is 24.0 Å². The zero-order chi connectivity index (χ0) is 13.3. The van der Waals surface area contributed by atoms with E-state index in [2.05, 4.69) is 25.3 Å². The minimum atomic E-state index is -0.289. The molecule has 0 radical (unpaired) electrons. The molecule has 0 rings (SSSR count). The van der Waals surface area contributed by atoms with Crippen molar-refractivity contribution >= 4 is 43.0 Å². The van der Waals surface area contributed by atoms with Gasteiger partial charge in [-0.25, -0.2) is 4.79 Å². The van der Waals surface area contributed by atoms with Crippen LogP contribution in [0.25, 0.3) is 0 Å². The minimum absolute atomic E-state index is 0.0426. The molecule has 0 aromatic heterocycles. The largest absolute Gasteiger partial charge is 0.449 e. The van der Waals surface area contributed by atoms with Gasteiger partial charge in [-0.2, -0.15) is 25.3 Å². The second-order valence-corrected chi connectivity index (χ2v) is 5.09. The van der Waals surface area contributed by atoms with Gasteiger partial charge in [0.2, 0.25) is 0 Å². The summed E-state index contributed by atoms with van der Waals surface area (Å²) in [5.41, 5.74) is 0. The van der Waals surface area contributed by atoms with Crippen LogP contribution in [0.5, 0.6) is 0 Å². The van der Waals surface area contributed by atoms with Gasteiger partial charge in [-0.15, -0.1) is 11.6 Å². The van der Waals surface area contributed by atoms with Gasteiger partial charge in [-0.1, -0.05) is 0 Å². The molecule has 0 heterocycles. The Kier molecular flexibility index (Phi) is 10.4. The van der Waals surface area contributed by atoms with Crippen molar-refractivity contribution in [3.05, 3.63) is 0 Å². The molecule has 0 aliphatic carbocycles. The van der Waals surface area contributed by atoms with Gasteiger partial charge in [0.05, 0.1) is 6.61 Å². The molecular weight excluding hydrogens is 278 g/mol. The van der Waals surface area contributed by atoms with Gasteiger partial charge in [0.25, 0.3) is 0 Å². The Bertz CT molecular complexity index is 210. The molecule has 1 amide bonds. The Morgan fingerprint density at radius 2 is 1.76 bits per heavy atom. The molecule has 0 aliphatic heterocycles. The number of rotatable bonds is 8. The van der Waals surface area contributed by atoms with E-state index >= 15 is 0 Å². The monoisotopic (exact) mass is 299 g/mol. The number of carbonyl (C=O) groups is 1. The quantitative estimate of drug-likeness (QED) is 0.410. The van der Waals surface area contributed by atoms with E-state index in [4.69, 9.17) is 16.3 Å². The van der Waals surface area contributed by atoms with Gasteiger partial charge in [0, 0.05) is 29.5 Å². The second kappa shape index (κ2) is 10.2. The lowest BCUT2D eigenvalue weighted by atomic mass is 10.2. The summed E-state index contributed by atoms with van der Waals surface area (Å²) in [6.45, 7) is 4.32. The van der Waals surface area contributed by atoms with Gasteiger partial charge in [-0.3, -0.25) is 0 Å². The summed E-state index contributed by atoms with van der Waals surface area (Å²) in [5.74, 6) is 1.81. The first-order valence-electron chi connectivity index (χ1n) is 5.81. The Morgan fingerprint density at radius 3 is 2.18 bits per heavy atom. The number of thiol groups is 2. The highest BCUT2D eigenvalue weighted by molar-refractivity contribution is 7.80. The molecule has 0 aromatic rings. The van der Waals surface area contributed by atoms with E-state index in [1.54, 1.807) is 4.90 Å². The zero-order valence-corrected chi connectivity index (χ0v) is 13.0. The molecular formula is C11H22ClNO2S2. The molecule has 3 nitrogen and oxygen atoms in total. The van der Waals surface area contributed by atoms with Crippen LogP contribution in [-0.4, -0.2) is 47.1 Å². The predicted molar refractivity (Wildman–Crippen MR) is 79.8 cm³/mol. The molecule has 0 bridgehead atoms. The van der Waals surface area contributed by atoms with Gasteiger partial charge < -0.3 is 9.64 Å². The fourth-order valence-corrected chi connectivity index (χ4v) is 1.94. The lowest BCUT2D eigenvalue weighted by Crippen LogP contribution is -2.46. The smallest absolute Gasteiger partial charge is 0.410 e. The average Bonchev–Trinajstić information content (AvgIpc) is 2.34. The molecule has 0 saturated carbocycles. The summed E-state index contributed by atoms with van der Waals surface area (Å²) in [5, 5.41) is 0. The summed E-state index contributed by atoms with van der Waals surface area (Å²) in [6.07, 6.45) is 1.37. The summed E-state index contributed by atoms with van der Waals surface area (Å²) < 4.78 is 5.21. The normalized spacial score (nSPS) is 14.2. The second-order valence-electron chi connectivity index (χ2n) is 3.98. The van der Waals surface area contributed by atoms with Crippen LogP contribution in [0.1, 0.15) is 26.7 Å². The molecule has 0 N–H and O–H groups in total. The molecule has 17 heavy (non-hydrogen) atoms. The van der Waals surface area contributed by atoms with Gasteiger partial charge >= 0.3 is 6.09 Å². The summed E-state index contributed by atoms with van der Waals surface area (Å²) >= 11 is 14.0. The number of hydrogen-bond donors (Lipinski definition) is 2. The first-order valence-corrected chi connectivity index (χ1v) is 7.61. The molecule has 2 atom stereocenters. The van der Waals surface area contributed by atoms with Crippen molar-refractivity contribution < 1.29 is 9.53 Å². The van der Waals surface area contributed by atoms with Crippen molar-refractivity contribution in [1.82, 2.24) is 4.90 Å². The van der Waals surface area contributed by atoms with Crippen molar-refractivity contribution in [3.63, 3.8) is 0 Å². The molecule has 0 fully saturated rings. The number of hydrogen-bond acceptors (Lipinski definition) is 4. The van der Waals surface area contributed by atoms with Crippen molar-refractivity contribution in [3.8, 4) is 0 Å². The van der Waals surface area contributed by atoms with Crippen LogP contribution in [-0.2, 0) is 4.74 Å². The number of ether oxygens (including phenoxy) is 1. The number of amides is 1. The number of unbranched alkanes of at least 4 members (excludes halogenated alkanes) is 1. The van der Waals surface area contributed by atoms with E-state index in [-0.39, 0.29) is 18.2 Å². The highest BCUT2D eigenvalue weighted by Crippen LogP contribution is 2.11. The van der Waals surface area contributed by atoms with Gasteiger partial charge in [0.15, 0.2) is 0 Å². The van der Waals surface area contributed by atoms with Crippen LogP contribution < -0.4 is 0 Å². The molecule has 0 aliphatic rings. The summed E-state index contributed by atoms with van der Waals surface area (Å²) in [7, 11) is 0. The van der Waals surface area contributed by atoms with Crippen LogP contribution in [0.15, 0.2) is 0 Å². The zero-order valence-electron chi connectivity index (χ0n) is 10.4. The van der Waals surface area contributed by atoms with Crippen LogP contribution in [0, 0.1) is 0 Å². The highest BCUT2D eigenvalue weighted by Gasteiger charge is 2.25. The number of carbonyl (C=O) groups excluding carboxylic acids is 1. The van der Waals surface area contributed by atoms with Crippen LogP contribution in [0.4, 0.5) is 4.79 Å². The van der Waals surface area contributed by atoms with E-state index in [1.807, 2.05) is 13.8 Å².